The van der Waals surface area contributed by atoms with Crippen molar-refractivity contribution in [3.8, 4) is 11.5 Å². The summed E-state index contributed by atoms with van der Waals surface area (Å²) < 4.78 is 56.8. The van der Waals surface area contributed by atoms with Gasteiger partial charge in [0.2, 0.25) is 5.91 Å². The minimum absolute atomic E-state index is 0.0210. The maximum atomic E-state index is 13.6. The number of hydrogen-bond donors (Lipinski definition) is 6. The quantitative estimate of drug-likeness (QED) is 0.0709. The van der Waals surface area contributed by atoms with Crippen molar-refractivity contribution in [2.45, 2.75) is 88.9 Å². The fourth-order valence-corrected chi connectivity index (χ4v) is 8.89. The zero-order valence-electron chi connectivity index (χ0n) is 31.2. The van der Waals surface area contributed by atoms with Crippen molar-refractivity contribution in [2.75, 3.05) is 14.8 Å². The Morgan fingerprint density at radius 1 is 0.673 bits per heavy atom. The van der Waals surface area contributed by atoms with Crippen LogP contribution in [0.15, 0.2) is 70.5 Å². The number of sulfonamides is 2. The highest BCUT2D eigenvalue weighted by Gasteiger charge is 2.28. The minimum atomic E-state index is -3.99. The van der Waals surface area contributed by atoms with Crippen LogP contribution in [0.1, 0.15) is 94.9 Å². The Balaban J connectivity index is 0.000000311. The number of carboxylic acids is 1. The molecule has 6 N–H and O–H groups in total. The lowest BCUT2D eigenvalue weighted by Gasteiger charge is -2.23. The first-order chi connectivity index (χ1) is 25.4. The molecule has 4 aromatic rings. The van der Waals surface area contributed by atoms with Crippen molar-refractivity contribution in [1.82, 2.24) is 0 Å². The largest absolute Gasteiger partial charge is 0.506 e. The fourth-order valence-electron chi connectivity index (χ4n) is 5.34. The van der Waals surface area contributed by atoms with Gasteiger partial charge in [0.05, 0.1) is 36.2 Å². The Morgan fingerprint density at radius 2 is 1.16 bits per heavy atom. The number of amides is 1. The number of rotatable bonds is 13. The molecule has 0 atom stereocenters. The van der Waals surface area contributed by atoms with E-state index in [2.05, 4.69) is 28.6 Å². The SMILES string of the molecule is CC(=O)Nc1cccc(S(=O)(=O)Nc2cc(Cl)c(O)c(Cl)c2)c1.CC(C)c1cc(C(C)C)c(S(=O)(=O)Nc2cc(Cl)c(O)c(CCC(=O)O)c2)c(C(C)C)c1. The number of anilines is 3. The Hall–Kier alpha value is -4.21. The van der Waals surface area contributed by atoms with Gasteiger partial charge < -0.3 is 20.6 Å². The summed E-state index contributed by atoms with van der Waals surface area (Å²) in [6.07, 6.45) is -0.195. The number of aryl methyl sites for hydroxylation is 1. The van der Waals surface area contributed by atoms with E-state index in [-0.39, 0.29) is 89.8 Å². The van der Waals surface area contributed by atoms with E-state index in [1.165, 1.54) is 49.4 Å². The van der Waals surface area contributed by atoms with E-state index in [1.807, 2.05) is 39.8 Å². The van der Waals surface area contributed by atoms with Gasteiger partial charge in [0.1, 0.15) is 5.75 Å². The highest BCUT2D eigenvalue weighted by Crippen LogP contribution is 2.38. The van der Waals surface area contributed by atoms with Crippen LogP contribution >= 0.6 is 34.8 Å². The van der Waals surface area contributed by atoms with E-state index < -0.39 is 26.0 Å². The number of benzene rings is 4. The van der Waals surface area contributed by atoms with E-state index in [9.17, 15) is 36.6 Å². The molecule has 0 radical (unpaired) electrons. The number of aliphatic carboxylic acids is 1. The second-order valence-corrected chi connectivity index (χ2v) is 18.1. The molecule has 4 aromatic carbocycles. The second kappa shape index (κ2) is 18.6. The van der Waals surface area contributed by atoms with Crippen molar-refractivity contribution in [1.29, 1.82) is 0 Å². The first-order valence-electron chi connectivity index (χ1n) is 17.0. The average molecular weight is 857 g/mol. The number of phenolic OH excluding ortho intramolecular Hbond substituents is 2. The summed E-state index contributed by atoms with van der Waals surface area (Å²) in [6, 6.07) is 14.9. The van der Waals surface area contributed by atoms with Gasteiger partial charge in [-0.15, -0.1) is 0 Å². The molecule has 0 aliphatic rings. The number of carboxylic acid groups (broad SMARTS) is 1. The fraction of sp³-hybridized carbons (Fsp3) is 0.316. The van der Waals surface area contributed by atoms with Crippen LogP contribution in [-0.2, 0) is 36.1 Å². The zero-order chi connectivity index (χ0) is 41.6. The summed E-state index contributed by atoms with van der Waals surface area (Å²) >= 11 is 17.6. The van der Waals surface area contributed by atoms with Crippen LogP contribution in [0, 0.1) is 0 Å². The van der Waals surface area contributed by atoms with E-state index >= 15 is 0 Å². The first-order valence-corrected chi connectivity index (χ1v) is 21.1. The zero-order valence-corrected chi connectivity index (χ0v) is 35.1. The highest BCUT2D eigenvalue weighted by atomic mass is 35.5. The minimum Gasteiger partial charge on any atom is -0.506 e. The molecule has 0 aromatic heterocycles. The van der Waals surface area contributed by atoms with Crippen LogP contribution in [0.5, 0.6) is 11.5 Å². The number of nitrogens with one attached hydrogen (secondary N) is 3. The van der Waals surface area contributed by atoms with Crippen LogP contribution in [0.3, 0.4) is 0 Å². The molecule has 0 bridgehead atoms. The number of halogens is 3. The molecule has 1 amide bonds. The standard InChI is InChI=1S/C24H32ClNO5S.C14H12Cl2N2O4S/c1-13(2)17-10-19(14(3)4)24(20(11-17)15(5)6)32(30,31)26-18-9-16(7-8-22(27)28)23(29)21(25)12-18;1-8(19)17-9-3-2-4-11(5-9)23(21,22)18-10-6-12(15)14(20)13(16)7-10/h9-15,26,29H,7-8H2,1-6H3,(H,27,28);2-7,18,20H,1H3,(H,17,19). The third kappa shape index (κ3) is 12.1. The number of hydrogen-bond acceptors (Lipinski definition) is 8. The lowest BCUT2D eigenvalue weighted by Crippen LogP contribution is -2.19. The number of carbonyl (C=O) groups is 2. The molecule has 0 heterocycles. The first kappa shape index (κ1) is 45.2. The van der Waals surface area contributed by atoms with E-state index in [4.69, 9.17) is 39.9 Å². The van der Waals surface area contributed by atoms with Gasteiger partial charge in [-0.1, -0.05) is 94.5 Å². The predicted octanol–water partition coefficient (Wildman–Crippen LogP) is 9.69. The van der Waals surface area contributed by atoms with Gasteiger partial charge in [-0.25, -0.2) is 16.8 Å². The predicted molar refractivity (Wildman–Crippen MR) is 218 cm³/mol. The second-order valence-electron chi connectivity index (χ2n) is 13.6. The molecule has 298 valence electrons. The maximum absolute atomic E-state index is 13.6. The van der Waals surface area contributed by atoms with Gasteiger partial charge in [-0.2, -0.15) is 0 Å². The van der Waals surface area contributed by atoms with Crippen molar-refractivity contribution >= 4 is 83.8 Å². The Kier molecular flexibility index (Phi) is 15.3. The van der Waals surface area contributed by atoms with Gasteiger partial charge in [0.15, 0.2) is 5.75 Å². The third-order valence-corrected chi connectivity index (χ3v) is 11.8. The summed E-state index contributed by atoms with van der Waals surface area (Å²) in [5, 5.41) is 30.9. The van der Waals surface area contributed by atoms with E-state index in [0.29, 0.717) is 5.69 Å². The number of phenols is 2. The van der Waals surface area contributed by atoms with Crippen LogP contribution in [-0.4, -0.2) is 44.0 Å². The van der Waals surface area contributed by atoms with Gasteiger partial charge >= 0.3 is 5.97 Å². The molecule has 0 saturated carbocycles. The Morgan fingerprint density at radius 3 is 1.64 bits per heavy atom. The lowest BCUT2D eigenvalue weighted by molar-refractivity contribution is -0.137. The molecule has 0 spiro atoms. The lowest BCUT2D eigenvalue weighted by atomic mass is 9.89. The topological polar surface area (TPSA) is 199 Å². The van der Waals surface area contributed by atoms with Crippen molar-refractivity contribution < 1.29 is 41.7 Å². The van der Waals surface area contributed by atoms with Gasteiger partial charge in [0, 0.05) is 19.0 Å². The molecule has 0 unspecified atom stereocenters. The van der Waals surface area contributed by atoms with Gasteiger partial charge in [-0.3, -0.25) is 19.0 Å². The van der Waals surface area contributed by atoms with Gasteiger partial charge in [-0.05, 0) is 88.9 Å². The molecule has 12 nitrogen and oxygen atoms in total. The summed E-state index contributed by atoms with van der Waals surface area (Å²) in [5.74, 6) is -1.71. The summed E-state index contributed by atoms with van der Waals surface area (Å²) in [7, 11) is -7.91. The molecule has 17 heteroatoms. The van der Waals surface area contributed by atoms with Crippen LogP contribution in [0.4, 0.5) is 17.1 Å². The Bertz CT molecular complexity index is 2250. The van der Waals surface area contributed by atoms with E-state index in [1.54, 1.807) is 6.07 Å². The molecular weight excluding hydrogens is 813 g/mol. The monoisotopic (exact) mass is 855 g/mol. The molecule has 0 fully saturated rings. The Labute approximate surface area is 337 Å². The number of carbonyl (C=O) groups excluding carboxylic acids is 1. The summed E-state index contributed by atoms with van der Waals surface area (Å²) in [4.78, 5) is 22.2. The highest BCUT2D eigenvalue weighted by molar-refractivity contribution is 7.93. The normalized spacial score (nSPS) is 11.7. The average Bonchev–Trinajstić information content (AvgIpc) is 3.07. The third-order valence-electron chi connectivity index (χ3n) is 8.08. The van der Waals surface area contributed by atoms with Crippen molar-refractivity contribution in [3.63, 3.8) is 0 Å². The number of aromatic hydroxyl groups is 2. The molecule has 0 aliphatic heterocycles. The van der Waals surface area contributed by atoms with E-state index in [0.717, 1.165) is 16.7 Å². The molecule has 4 rings (SSSR count). The van der Waals surface area contributed by atoms with Crippen molar-refractivity contribution in [3.05, 3.63) is 98.0 Å². The van der Waals surface area contributed by atoms with Crippen molar-refractivity contribution in [2.24, 2.45) is 0 Å². The summed E-state index contributed by atoms with van der Waals surface area (Å²) in [5.41, 5.74) is 3.45. The maximum Gasteiger partial charge on any atom is 0.303 e. The smallest absolute Gasteiger partial charge is 0.303 e. The molecule has 55 heavy (non-hydrogen) atoms. The van der Waals surface area contributed by atoms with Crippen LogP contribution in [0.2, 0.25) is 15.1 Å². The molecule has 0 aliphatic carbocycles. The van der Waals surface area contributed by atoms with Crippen LogP contribution in [0.25, 0.3) is 0 Å². The summed E-state index contributed by atoms with van der Waals surface area (Å²) in [6.45, 7) is 13.3. The van der Waals surface area contributed by atoms with Gasteiger partial charge in [0.25, 0.3) is 20.0 Å². The molecule has 0 saturated heterocycles. The molecular formula is C38H44Cl3N3O9S2. The van der Waals surface area contributed by atoms with Crippen LogP contribution < -0.4 is 14.8 Å².